The third kappa shape index (κ3) is 3.29. The average molecular weight is 472 g/mol. The van der Waals surface area contributed by atoms with E-state index in [2.05, 4.69) is 0 Å². The number of nitrogens with zero attached hydrogens (tertiary/aromatic N) is 1. The molecule has 0 spiro atoms. The van der Waals surface area contributed by atoms with Crippen LogP contribution in [0.2, 0.25) is 0 Å². The number of hydrogen-bond donors (Lipinski definition) is 1. The third-order valence-electron chi connectivity index (χ3n) is 8.77. The number of ketones is 2. The van der Waals surface area contributed by atoms with Crippen LogP contribution < -0.4 is 0 Å². The SMILES string of the molecule is CC1=CC(=O)C2=C(C1=O)C(c1ccc(O)cc1)C1=CCC3C(=O)N(C4CCCCC4)C(=O)C3C1C2. The van der Waals surface area contributed by atoms with Crippen molar-refractivity contribution in [1.29, 1.82) is 0 Å². The minimum absolute atomic E-state index is 0.0208. The van der Waals surface area contributed by atoms with Gasteiger partial charge in [0.1, 0.15) is 5.75 Å². The molecule has 1 heterocycles. The quantitative estimate of drug-likeness (QED) is 0.397. The van der Waals surface area contributed by atoms with Gasteiger partial charge in [0.25, 0.3) is 0 Å². The molecule has 1 N–H and O–H groups in total. The Hall–Kier alpha value is -3.28. The summed E-state index contributed by atoms with van der Waals surface area (Å²) in [5.41, 5.74) is 3.14. The van der Waals surface area contributed by atoms with Crippen molar-refractivity contribution in [2.24, 2.45) is 17.8 Å². The van der Waals surface area contributed by atoms with Gasteiger partial charge in [0.15, 0.2) is 11.6 Å². The molecule has 1 aromatic carbocycles. The minimum atomic E-state index is -0.493. The van der Waals surface area contributed by atoms with E-state index < -0.39 is 17.8 Å². The van der Waals surface area contributed by atoms with Crippen molar-refractivity contribution >= 4 is 23.4 Å². The Balaban J connectivity index is 1.45. The molecule has 35 heavy (non-hydrogen) atoms. The van der Waals surface area contributed by atoms with Gasteiger partial charge in [-0.1, -0.05) is 43.0 Å². The smallest absolute Gasteiger partial charge is 0.233 e. The lowest BCUT2D eigenvalue weighted by atomic mass is 9.59. The zero-order chi connectivity index (χ0) is 24.4. The number of imide groups is 1. The van der Waals surface area contributed by atoms with Crippen molar-refractivity contribution in [2.45, 2.75) is 63.8 Å². The Morgan fingerprint density at radius 3 is 2.34 bits per heavy atom. The van der Waals surface area contributed by atoms with Crippen LogP contribution in [0.5, 0.6) is 5.75 Å². The van der Waals surface area contributed by atoms with E-state index >= 15 is 0 Å². The number of aromatic hydroxyl groups is 1. The zero-order valence-electron chi connectivity index (χ0n) is 19.8. The van der Waals surface area contributed by atoms with E-state index in [1.165, 1.54) is 6.08 Å². The summed E-state index contributed by atoms with van der Waals surface area (Å²) in [4.78, 5) is 55.3. The monoisotopic (exact) mass is 471 g/mol. The fourth-order valence-corrected chi connectivity index (χ4v) is 7.13. The van der Waals surface area contributed by atoms with Gasteiger partial charge < -0.3 is 5.11 Å². The predicted molar refractivity (Wildman–Crippen MR) is 128 cm³/mol. The Morgan fingerprint density at radius 1 is 0.914 bits per heavy atom. The number of likely N-dealkylation sites (tertiary alicyclic amines) is 1. The lowest BCUT2D eigenvalue weighted by Gasteiger charge is -2.42. The van der Waals surface area contributed by atoms with Gasteiger partial charge in [-0.3, -0.25) is 24.1 Å². The van der Waals surface area contributed by atoms with E-state index in [4.69, 9.17) is 0 Å². The molecule has 2 fully saturated rings. The Bertz CT molecular complexity index is 1240. The number of Topliss-reactive ketones (excluding diaryl/α,β-unsaturated/α-hetero) is 1. The number of rotatable bonds is 2. The van der Waals surface area contributed by atoms with Crippen molar-refractivity contribution in [3.05, 3.63) is 64.3 Å². The van der Waals surface area contributed by atoms with Gasteiger partial charge in [0.05, 0.1) is 11.8 Å². The molecule has 4 unspecified atom stereocenters. The molecule has 4 atom stereocenters. The first-order chi connectivity index (χ1) is 16.9. The second-order valence-electron chi connectivity index (χ2n) is 10.7. The number of phenolic OH excluding ortho intramolecular Hbond substituents is 1. The number of carbonyl (C=O) groups excluding carboxylic acids is 4. The second-order valence-corrected chi connectivity index (χ2v) is 10.7. The minimum Gasteiger partial charge on any atom is -0.508 e. The Morgan fingerprint density at radius 2 is 1.63 bits per heavy atom. The predicted octanol–water partition coefficient (Wildman–Crippen LogP) is 4.15. The van der Waals surface area contributed by atoms with E-state index in [0.29, 0.717) is 29.6 Å². The first-order valence-corrected chi connectivity index (χ1v) is 12.7. The van der Waals surface area contributed by atoms with Crippen LogP contribution in [0.25, 0.3) is 0 Å². The average Bonchev–Trinajstić information content (AvgIpc) is 3.12. The van der Waals surface area contributed by atoms with Gasteiger partial charge in [-0.25, -0.2) is 0 Å². The van der Waals surface area contributed by atoms with E-state index in [0.717, 1.165) is 43.2 Å². The van der Waals surface area contributed by atoms with Gasteiger partial charge >= 0.3 is 0 Å². The maximum absolute atomic E-state index is 13.8. The molecule has 6 nitrogen and oxygen atoms in total. The van der Waals surface area contributed by atoms with Crippen molar-refractivity contribution in [1.82, 2.24) is 4.90 Å². The van der Waals surface area contributed by atoms with Crippen molar-refractivity contribution in [2.75, 3.05) is 0 Å². The fourth-order valence-electron chi connectivity index (χ4n) is 7.13. The van der Waals surface area contributed by atoms with Crippen molar-refractivity contribution < 1.29 is 24.3 Å². The summed E-state index contributed by atoms with van der Waals surface area (Å²) in [7, 11) is 0. The summed E-state index contributed by atoms with van der Waals surface area (Å²) >= 11 is 0. The normalized spacial score (nSPS) is 31.2. The highest BCUT2D eigenvalue weighted by atomic mass is 16.3. The fraction of sp³-hybridized carbons (Fsp3) is 0.448. The topological polar surface area (TPSA) is 91.8 Å². The molecule has 180 valence electrons. The van der Waals surface area contributed by atoms with Crippen LogP contribution in [0.1, 0.15) is 63.4 Å². The summed E-state index contributed by atoms with van der Waals surface area (Å²) in [5, 5.41) is 9.85. The number of fused-ring (bicyclic) bond motifs is 3. The highest BCUT2D eigenvalue weighted by Crippen LogP contribution is 2.55. The van der Waals surface area contributed by atoms with E-state index in [1.807, 2.05) is 6.08 Å². The molecule has 1 aliphatic heterocycles. The molecule has 2 amide bonds. The maximum Gasteiger partial charge on any atom is 0.233 e. The second kappa shape index (κ2) is 8.14. The number of allylic oxidation sites excluding steroid dienone is 6. The zero-order valence-corrected chi connectivity index (χ0v) is 19.8. The standard InChI is InChI=1S/C29H29NO5/c1-15-13-23(32)22-14-21-19(24(26(22)27(15)33)16-7-9-18(31)10-8-16)11-12-20-25(21)29(35)30(28(20)34)17-5-3-2-4-6-17/h7-11,13,17,20-21,24-25,31H,2-6,12,14H2,1H3. The van der Waals surface area contributed by atoms with Gasteiger partial charge in [-0.05, 0) is 62.3 Å². The van der Waals surface area contributed by atoms with Gasteiger partial charge in [-0.2, -0.15) is 0 Å². The molecule has 0 radical (unpaired) electrons. The first-order valence-electron chi connectivity index (χ1n) is 12.7. The van der Waals surface area contributed by atoms with Gasteiger partial charge in [0, 0.05) is 28.7 Å². The van der Waals surface area contributed by atoms with Gasteiger partial charge in [0.2, 0.25) is 11.8 Å². The molecular weight excluding hydrogens is 442 g/mol. The maximum atomic E-state index is 13.8. The number of amides is 2. The first kappa shape index (κ1) is 22.2. The summed E-state index contributed by atoms with van der Waals surface area (Å²) in [6, 6.07) is 6.70. The number of carbonyl (C=O) groups is 4. The Labute approximate surface area is 204 Å². The molecule has 1 aromatic rings. The van der Waals surface area contributed by atoms with E-state index in [-0.39, 0.29) is 41.1 Å². The van der Waals surface area contributed by atoms with E-state index in [1.54, 1.807) is 36.1 Å². The van der Waals surface area contributed by atoms with Crippen molar-refractivity contribution in [3.8, 4) is 5.75 Å². The molecule has 6 heteroatoms. The number of phenols is 1. The molecule has 1 saturated carbocycles. The van der Waals surface area contributed by atoms with Crippen LogP contribution >= 0.6 is 0 Å². The summed E-state index contributed by atoms with van der Waals surface area (Å²) < 4.78 is 0. The van der Waals surface area contributed by atoms with Crippen LogP contribution in [-0.2, 0) is 19.2 Å². The van der Waals surface area contributed by atoms with Crippen LogP contribution in [-0.4, -0.2) is 39.4 Å². The molecular formula is C29H29NO5. The van der Waals surface area contributed by atoms with Gasteiger partial charge in [-0.15, -0.1) is 0 Å². The number of hydrogen-bond acceptors (Lipinski definition) is 5. The lowest BCUT2D eigenvalue weighted by Crippen LogP contribution is -2.43. The molecule has 1 saturated heterocycles. The van der Waals surface area contributed by atoms with Crippen molar-refractivity contribution in [3.63, 3.8) is 0 Å². The highest BCUT2D eigenvalue weighted by Gasteiger charge is 2.57. The van der Waals surface area contributed by atoms with E-state index in [9.17, 15) is 24.3 Å². The van der Waals surface area contributed by atoms with Crippen LogP contribution in [0, 0.1) is 17.8 Å². The Kier molecular flexibility index (Phi) is 5.17. The van der Waals surface area contributed by atoms with Crippen LogP contribution in [0.3, 0.4) is 0 Å². The molecule has 4 aliphatic carbocycles. The molecule has 5 aliphatic rings. The highest BCUT2D eigenvalue weighted by molar-refractivity contribution is 6.23. The molecule has 6 rings (SSSR count). The summed E-state index contributed by atoms with van der Waals surface area (Å²) in [6.45, 7) is 1.66. The molecule has 0 bridgehead atoms. The lowest BCUT2D eigenvalue weighted by molar-refractivity contribution is -0.143. The third-order valence-corrected chi connectivity index (χ3v) is 8.77. The largest absolute Gasteiger partial charge is 0.508 e. The summed E-state index contributed by atoms with van der Waals surface area (Å²) in [6.07, 6.45) is 9.17. The molecule has 0 aromatic heterocycles. The van der Waals surface area contributed by atoms with Crippen LogP contribution in [0.15, 0.2) is 58.7 Å². The number of benzene rings is 1. The summed E-state index contributed by atoms with van der Waals surface area (Å²) in [5.74, 6) is -2.01. The van der Waals surface area contributed by atoms with Crippen LogP contribution in [0.4, 0.5) is 0 Å².